The summed E-state index contributed by atoms with van der Waals surface area (Å²) in [6.07, 6.45) is 7.15. The maximum absolute atomic E-state index is 10.1. The minimum Gasteiger partial charge on any atom is -0.388 e. The molecule has 24 heavy (non-hydrogen) atoms. The molecule has 0 bridgehead atoms. The first-order chi connectivity index (χ1) is 11.6. The maximum Gasteiger partial charge on any atom is 0.184 e. The molecular formula is C18H35ClO5. The molecule has 1 heterocycles. The monoisotopic (exact) mass is 366 g/mol. The van der Waals surface area contributed by atoms with Crippen LogP contribution in [-0.4, -0.2) is 58.5 Å². The van der Waals surface area contributed by atoms with E-state index in [0.717, 1.165) is 12.8 Å². The Morgan fingerprint density at radius 1 is 0.833 bits per heavy atom. The van der Waals surface area contributed by atoms with Crippen LogP contribution in [0.3, 0.4) is 0 Å². The van der Waals surface area contributed by atoms with Gasteiger partial charge in [-0.1, -0.05) is 64.7 Å². The van der Waals surface area contributed by atoms with Crippen molar-refractivity contribution in [2.75, 3.05) is 12.5 Å². The second-order valence-electron chi connectivity index (χ2n) is 6.72. The van der Waals surface area contributed by atoms with Crippen molar-refractivity contribution in [3.05, 3.63) is 0 Å². The highest BCUT2D eigenvalue weighted by Gasteiger charge is 2.44. The van der Waals surface area contributed by atoms with Gasteiger partial charge in [-0.3, -0.25) is 0 Å². The third-order valence-electron chi connectivity index (χ3n) is 4.62. The molecule has 1 fully saturated rings. The van der Waals surface area contributed by atoms with E-state index in [4.69, 9.17) is 21.1 Å². The summed E-state index contributed by atoms with van der Waals surface area (Å²) in [7, 11) is 0. The van der Waals surface area contributed by atoms with E-state index in [1.54, 1.807) is 0 Å². The van der Waals surface area contributed by atoms with Crippen molar-refractivity contribution in [2.24, 2.45) is 0 Å². The molecule has 1 aliphatic heterocycles. The van der Waals surface area contributed by atoms with E-state index in [1.165, 1.54) is 51.4 Å². The van der Waals surface area contributed by atoms with Crippen molar-refractivity contribution in [3.63, 3.8) is 0 Å². The van der Waals surface area contributed by atoms with Crippen LogP contribution in [0.2, 0.25) is 0 Å². The van der Waals surface area contributed by atoms with Crippen LogP contribution >= 0.6 is 11.6 Å². The fraction of sp³-hybridized carbons (Fsp3) is 1.00. The number of ether oxygens (including phenoxy) is 2. The molecule has 0 aromatic heterocycles. The van der Waals surface area contributed by atoms with Crippen LogP contribution in [0.1, 0.15) is 71.1 Å². The summed E-state index contributed by atoms with van der Waals surface area (Å²) >= 11 is 5.69. The SMILES string of the molecule is CCCCCCCCCCCCO[C@H]1[C@H](O)[C@@H](CCl)OC(O)[C@@H]1O. The Morgan fingerprint density at radius 3 is 1.92 bits per heavy atom. The molecule has 1 unspecified atom stereocenters. The molecule has 0 spiro atoms. The lowest BCUT2D eigenvalue weighted by Crippen LogP contribution is -2.59. The topological polar surface area (TPSA) is 79.2 Å². The summed E-state index contributed by atoms with van der Waals surface area (Å²) in [5.41, 5.74) is 0. The van der Waals surface area contributed by atoms with E-state index in [0.29, 0.717) is 6.61 Å². The standard InChI is InChI=1S/C18H35ClO5/c1-2-3-4-5-6-7-8-9-10-11-12-23-17-15(20)14(13-19)24-18(22)16(17)21/h14-18,20-22H,2-13H2,1H3/t14-,15-,16-,17+,18?/m1/s1. The first-order valence-corrected chi connectivity index (χ1v) is 10.0. The first-order valence-electron chi connectivity index (χ1n) is 9.49. The molecule has 0 saturated carbocycles. The van der Waals surface area contributed by atoms with Gasteiger partial charge in [0.15, 0.2) is 6.29 Å². The molecule has 0 aromatic carbocycles. The van der Waals surface area contributed by atoms with Crippen LogP contribution in [0.4, 0.5) is 0 Å². The molecule has 1 aliphatic rings. The van der Waals surface area contributed by atoms with Crippen molar-refractivity contribution >= 4 is 11.6 Å². The summed E-state index contributed by atoms with van der Waals surface area (Å²) in [5.74, 6) is 0.0447. The zero-order valence-electron chi connectivity index (χ0n) is 14.9. The smallest absolute Gasteiger partial charge is 0.184 e. The second kappa shape index (κ2) is 13.3. The van der Waals surface area contributed by atoms with Gasteiger partial charge in [0.25, 0.3) is 0 Å². The molecule has 3 N–H and O–H groups in total. The van der Waals surface area contributed by atoms with Gasteiger partial charge in [0, 0.05) is 6.61 Å². The number of aliphatic hydroxyl groups is 3. The molecule has 0 radical (unpaired) electrons. The number of halogens is 1. The zero-order chi connectivity index (χ0) is 17.8. The summed E-state index contributed by atoms with van der Waals surface area (Å²) in [6.45, 7) is 2.69. The normalized spacial score (nSPS) is 30.6. The maximum atomic E-state index is 10.1. The summed E-state index contributed by atoms with van der Waals surface area (Å²) in [5, 5.41) is 29.6. The van der Waals surface area contributed by atoms with Gasteiger partial charge < -0.3 is 24.8 Å². The summed E-state index contributed by atoms with van der Waals surface area (Å²) < 4.78 is 10.6. The average Bonchev–Trinajstić information content (AvgIpc) is 2.58. The van der Waals surface area contributed by atoms with E-state index in [9.17, 15) is 15.3 Å². The fourth-order valence-electron chi connectivity index (χ4n) is 3.05. The van der Waals surface area contributed by atoms with Gasteiger partial charge in [0.05, 0.1) is 5.88 Å². The Hall–Kier alpha value is 0.0900. The molecular weight excluding hydrogens is 332 g/mol. The van der Waals surface area contributed by atoms with Crippen molar-refractivity contribution in [1.82, 2.24) is 0 Å². The lowest BCUT2D eigenvalue weighted by atomic mass is 9.99. The molecule has 6 heteroatoms. The number of aliphatic hydroxyl groups excluding tert-OH is 3. The van der Waals surface area contributed by atoms with Crippen molar-refractivity contribution in [2.45, 2.75) is 102 Å². The Kier molecular flexibility index (Phi) is 12.3. The Bertz CT molecular complexity index is 305. The Labute approximate surface area is 151 Å². The number of unbranched alkanes of at least 4 members (excludes halogenated alkanes) is 9. The van der Waals surface area contributed by atoms with Gasteiger partial charge >= 0.3 is 0 Å². The van der Waals surface area contributed by atoms with Crippen molar-refractivity contribution < 1.29 is 24.8 Å². The van der Waals surface area contributed by atoms with Crippen molar-refractivity contribution in [3.8, 4) is 0 Å². The van der Waals surface area contributed by atoms with Crippen molar-refractivity contribution in [1.29, 1.82) is 0 Å². The lowest BCUT2D eigenvalue weighted by Gasteiger charge is -2.39. The first kappa shape index (κ1) is 22.1. The summed E-state index contributed by atoms with van der Waals surface area (Å²) in [6, 6.07) is 0. The van der Waals surface area contributed by atoms with Crippen LogP contribution in [0, 0.1) is 0 Å². The Morgan fingerprint density at radius 2 is 1.38 bits per heavy atom. The molecule has 5 atom stereocenters. The second-order valence-corrected chi connectivity index (χ2v) is 7.03. The van der Waals surface area contributed by atoms with E-state index >= 15 is 0 Å². The molecule has 1 rings (SSSR count). The fourth-order valence-corrected chi connectivity index (χ4v) is 3.30. The highest BCUT2D eigenvalue weighted by Crippen LogP contribution is 2.23. The average molecular weight is 367 g/mol. The minimum absolute atomic E-state index is 0.0447. The van der Waals surface area contributed by atoms with Gasteiger partial charge in [0.2, 0.25) is 0 Å². The van der Waals surface area contributed by atoms with Crippen LogP contribution < -0.4 is 0 Å². The van der Waals surface area contributed by atoms with Gasteiger partial charge in [-0.15, -0.1) is 11.6 Å². The molecule has 144 valence electrons. The number of hydrogen-bond acceptors (Lipinski definition) is 5. The van der Waals surface area contributed by atoms with Gasteiger partial charge in [-0.25, -0.2) is 0 Å². The van der Waals surface area contributed by atoms with E-state index in [2.05, 4.69) is 6.92 Å². The number of rotatable bonds is 13. The lowest BCUT2D eigenvalue weighted by molar-refractivity contribution is -0.285. The minimum atomic E-state index is -1.37. The van der Waals surface area contributed by atoms with Gasteiger partial charge in [-0.05, 0) is 6.42 Å². The third-order valence-corrected chi connectivity index (χ3v) is 4.92. The summed E-state index contributed by atoms with van der Waals surface area (Å²) in [4.78, 5) is 0. The van der Waals surface area contributed by atoms with E-state index in [1.807, 2.05) is 0 Å². The van der Waals surface area contributed by atoms with Crippen LogP contribution in [-0.2, 0) is 9.47 Å². The highest BCUT2D eigenvalue weighted by molar-refractivity contribution is 6.18. The molecule has 5 nitrogen and oxygen atoms in total. The predicted octanol–water partition coefficient (Wildman–Crippen LogP) is 2.97. The van der Waals surface area contributed by atoms with E-state index < -0.39 is 30.7 Å². The zero-order valence-corrected chi connectivity index (χ0v) is 15.7. The van der Waals surface area contributed by atoms with E-state index in [-0.39, 0.29) is 5.88 Å². The molecule has 0 aliphatic carbocycles. The number of hydrogen-bond donors (Lipinski definition) is 3. The largest absolute Gasteiger partial charge is 0.388 e. The molecule has 0 aromatic rings. The molecule has 1 saturated heterocycles. The predicted molar refractivity (Wildman–Crippen MR) is 95.2 cm³/mol. The third kappa shape index (κ3) is 7.98. The highest BCUT2D eigenvalue weighted by atomic mass is 35.5. The van der Waals surface area contributed by atoms with Gasteiger partial charge in [0.1, 0.15) is 24.4 Å². The Balaban J connectivity index is 2.05. The van der Waals surface area contributed by atoms with Crippen LogP contribution in [0.5, 0.6) is 0 Å². The van der Waals surface area contributed by atoms with Crippen LogP contribution in [0.25, 0.3) is 0 Å². The van der Waals surface area contributed by atoms with Crippen LogP contribution in [0.15, 0.2) is 0 Å². The molecule has 0 amide bonds. The number of alkyl halides is 1. The van der Waals surface area contributed by atoms with Gasteiger partial charge in [-0.2, -0.15) is 0 Å². The quantitative estimate of drug-likeness (QED) is 0.345.